The quantitative estimate of drug-likeness (QED) is 0.184. The molecule has 3 aromatic rings. The minimum absolute atomic E-state index is 0.0239. The second-order valence-electron chi connectivity index (χ2n) is 6.11. The van der Waals surface area contributed by atoms with Crippen LogP contribution in [0.3, 0.4) is 0 Å². The van der Waals surface area contributed by atoms with E-state index in [-0.39, 0.29) is 16.7 Å². The van der Waals surface area contributed by atoms with Crippen molar-refractivity contribution >= 4 is 11.8 Å². The minimum atomic E-state index is -5.25. The third-order valence-electron chi connectivity index (χ3n) is 3.93. The maximum Gasteiger partial charge on any atom is 0.573 e. The topological polar surface area (TPSA) is 33.0 Å². The SMILES string of the molecule is N#CSc1c(F)cc(C#Cc2ccc(-c3cc(F)c(OC(F)(F)F)c(F)c3)cc2)cc1F. The number of thioether (sulfide) groups is 1. The summed E-state index contributed by atoms with van der Waals surface area (Å²) in [5, 5.41) is 10.1. The molecule has 10 heteroatoms. The monoisotopic (exact) mass is 467 g/mol. The molecule has 0 spiro atoms. The van der Waals surface area contributed by atoms with Gasteiger partial charge in [0.25, 0.3) is 0 Å². The van der Waals surface area contributed by atoms with Crippen molar-refractivity contribution in [3.05, 3.63) is 82.9 Å². The van der Waals surface area contributed by atoms with Crippen LogP contribution in [0.2, 0.25) is 0 Å². The Morgan fingerprint density at radius 3 is 1.75 bits per heavy atom. The largest absolute Gasteiger partial charge is 0.573 e. The van der Waals surface area contributed by atoms with Crippen LogP contribution in [0.25, 0.3) is 11.1 Å². The van der Waals surface area contributed by atoms with Crippen molar-refractivity contribution in [3.63, 3.8) is 0 Å². The van der Waals surface area contributed by atoms with Gasteiger partial charge in [0, 0.05) is 11.1 Å². The number of thiocyanates is 1. The first-order chi connectivity index (χ1) is 15.1. The lowest BCUT2D eigenvalue weighted by atomic mass is 10.0. The first kappa shape index (κ1) is 23.0. The summed E-state index contributed by atoms with van der Waals surface area (Å²) in [4.78, 5) is -0.437. The Labute approximate surface area is 181 Å². The van der Waals surface area contributed by atoms with E-state index < -0.39 is 40.3 Å². The van der Waals surface area contributed by atoms with Gasteiger partial charge in [0.05, 0.1) is 4.90 Å². The van der Waals surface area contributed by atoms with Gasteiger partial charge >= 0.3 is 6.36 Å². The van der Waals surface area contributed by atoms with E-state index in [9.17, 15) is 30.7 Å². The number of nitrogens with zero attached hydrogens (tertiary/aromatic N) is 1. The van der Waals surface area contributed by atoms with E-state index in [4.69, 9.17) is 5.26 Å². The Bertz CT molecular complexity index is 1220. The van der Waals surface area contributed by atoms with Crippen LogP contribution in [0.5, 0.6) is 5.75 Å². The smallest absolute Gasteiger partial charge is 0.399 e. The number of halogens is 7. The Hall–Kier alpha value is -3.63. The molecule has 0 bridgehead atoms. The maximum absolute atomic E-state index is 13.9. The number of ether oxygens (including phenoxy) is 1. The summed E-state index contributed by atoms with van der Waals surface area (Å²) in [5.74, 6) is -1.26. The molecule has 32 heavy (non-hydrogen) atoms. The molecule has 0 aromatic heterocycles. The van der Waals surface area contributed by atoms with Crippen molar-refractivity contribution in [2.24, 2.45) is 0 Å². The summed E-state index contributed by atoms with van der Waals surface area (Å²) in [6.07, 6.45) is -5.25. The molecule has 162 valence electrons. The lowest BCUT2D eigenvalue weighted by molar-refractivity contribution is -0.276. The van der Waals surface area contributed by atoms with Crippen LogP contribution in [0.1, 0.15) is 11.1 Å². The summed E-state index contributed by atoms with van der Waals surface area (Å²) in [7, 11) is 0. The van der Waals surface area contributed by atoms with Crippen LogP contribution in [0.4, 0.5) is 30.7 Å². The molecule has 0 saturated carbocycles. The average Bonchev–Trinajstić information content (AvgIpc) is 2.71. The molecule has 2 nitrogen and oxygen atoms in total. The van der Waals surface area contributed by atoms with Crippen LogP contribution in [-0.2, 0) is 0 Å². The first-order valence-corrected chi connectivity index (χ1v) is 9.31. The zero-order valence-corrected chi connectivity index (χ0v) is 16.3. The highest BCUT2D eigenvalue weighted by Crippen LogP contribution is 2.32. The molecule has 3 rings (SSSR count). The fourth-order valence-corrected chi connectivity index (χ4v) is 3.01. The zero-order valence-electron chi connectivity index (χ0n) is 15.5. The van der Waals surface area contributed by atoms with Crippen molar-refractivity contribution in [1.29, 1.82) is 5.26 Å². The fourth-order valence-electron chi connectivity index (χ4n) is 2.61. The maximum atomic E-state index is 13.9. The standard InChI is InChI=1S/C22H8F7NOS/c23-16-9-15(10-17(24)20(16)31-22(27,28)29)14-5-3-12(4-6-14)1-2-13-7-18(25)21(32-11-30)19(26)8-13/h3-10H. The summed E-state index contributed by atoms with van der Waals surface area (Å²) in [6.45, 7) is 0. The molecular weight excluding hydrogens is 459 g/mol. The van der Waals surface area contributed by atoms with Gasteiger partial charge in [0.2, 0.25) is 5.75 Å². The molecule has 0 amide bonds. The van der Waals surface area contributed by atoms with Gasteiger partial charge in [-0.25, -0.2) is 17.6 Å². The number of rotatable bonds is 3. The van der Waals surface area contributed by atoms with E-state index in [0.717, 1.165) is 12.1 Å². The van der Waals surface area contributed by atoms with E-state index in [1.165, 1.54) is 24.3 Å². The lowest BCUT2D eigenvalue weighted by Gasteiger charge is -2.12. The number of hydrogen-bond donors (Lipinski definition) is 0. The van der Waals surface area contributed by atoms with Crippen LogP contribution >= 0.6 is 11.8 Å². The number of benzene rings is 3. The van der Waals surface area contributed by atoms with Gasteiger partial charge < -0.3 is 4.74 Å². The number of hydrogen-bond acceptors (Lipinski definition) is 3. The Morgan fingerprint density at radius 1 is 0.719 bits per heavy atom. The summed E-state index contributed by atoms with van der Waals surface area (Å²) in [5.41, 5.74) is 0.657. The van der Waals surface area contributed by atoms with Gasteiger partial charge in [0.15, 0.2) is 11.6 Å². The van der Waals surface area contributed by atoms with Crippen LogP contribution in [0, 0.1) is 45.8 Å². The van der Waals surface area contributed by atoms with Gasteiger partial charge in [0.1, 0.15) is 17.0 Å². The Morgan fingerprint density at radius 2 is 1.25 bits per heavy atom. The Kier molecular flexibility index (Phi) is 6.66. The molecular formula is C22H8F7NOS. The van der Waals surface area contributed by atoms with Crippen LogP contribution in [0.15, 0.2) is 53.4 Å². The molecule has 0 heterocycles. The molecule has 3 aromatic carbocycles. The molecule has 0 saturated heterocycles. The molecule has 0 aliphatic rings. The summed E-state index contributed by atoms with van der Waals surface area (Å²) >= 11 is 0.347. The van der Waals surface area contributed by atoms with Gasteiger partial charge in [-0.05, 0) is 59.3 Å². The van der Waals surface area contributed by atoms with E-state index in [0.29, 0.717) is 29.5 Å². The minimum Gasteiger partial charge on any atom is -0.399 e. The molecule has 0 aliphatic heterocycles. The molecule has 0 N–H and O–H groups in total. The predicted octanol–water partition coefficient (Wildman–Crippen LogP) is 6.78. The van der Waals surface area contributed by atoms with E-state index in [1.807, 2.05) is 0 Å². The van der Waals surface area contributed by atoms with Gasteiger partial charge in [-0.2, -0.15) is 5.26 Å². The van der Waals surface area contributed by atoms with Crippen LogP contribution < -0.4 is 4.74 Å². The lowest BCUT2D eigenvalue weighted by Crippen LogP contribution is -2.19. The van der Waals surface area contributed by atoms with Gasteiger partial charge in [-0.15, -0.1) is 13.2 Å². The highest BCUT2D eigenvalue weighted by atomic mass is 32.2. The van der Waals surface area contributed by atoms with Crippen molar-refractivity contribution in [3.8, 4) is 34.1 Å². The number of nitriles is 1. The predicted molar refractivity (Wildman–Crippen MR) is 102 cm³/mol. The van der Waals surface area contributed by atoms with Gasteiger partial charge in [-0.3, -0.25) is 0 Å². The van der Waals surface area contributed by atoms with E-state index >= 15 is 0 Å². The zero-order chi connectivity index (χ0) is 23.5. The van der Waals surface area contributed by atoms with Crippen LogP contribution in [-0.4, -0.2) is 6.36 Å². The molecule has 0 fully saturated rings. The third-order valence-corrected chi connectivity index (χ3v) is 4.62. The average molecular weight is 467 g/mol. The first-order valence-electron chi connectivity index (χ1n) is 8.49. The van der Waals surface area contributed by atoms with Crippen molar-refractivity contribution in [2.75, 3.05) is 0 Å². The molecule has 0 unspecified atom stereocenters. The fraction of sp³-hybridized carbons (Fsp3) is 0.0455. The van der Waals surface area contributed by atoms with Crippen molar-refractivity contribution < 1.29 is 35.5 Å². The molecule has 0 atom stereocenters. The molecule has 0 radical (unpaired) electrons. The molecule has 0 aliphatic carbocycles. The van der Waals surface area contributed by atoms with E-state index in [2.05, 4.69) is 16.6 Å². The van der Waals surface area contributed by atoms with Gasteiger partial charge in [-0.1, -0.05) is 24.0 Å². The number of alkyl halides is 3. The summed E-state index contributed by atoms with van der Waals surface area (Å²) < 4.78 is 95.5. The second-order valence-corrected chi connectivity index (χ2v) is 6.90. The highest BCUT2D eigenvalue weighted by Gasteiger charge is 2.34. The Balaban J connectivity index is 1.84. The highest BCUT2D eigenvalue weighted by molar-refractivity contribution is 8.03. The van der Waals surface area contributed by atoms with E-state index in [1.54, 1.807) is 5.40 Å². The summed E-state index contributed by atoms with van der Waals surface area (Å²) in [6, 6.07) is 9.05. The van der Waals surface area contributed by atoms with Crippen molar-refractivity contribution in [1.82, 2.24) is 0 Å². The third kappa shape index (κ3) is 5.54. The normalized spacial score (nSPS) is 10.8. The van der Waals surface area contributed by atoms with Crippen molar-refractivity contribution in [2.45, 2.75) is 11.3 Å². The second kappa shape index (κ2) is 9.25.